The second kappa shape index (κ2) is 9.42. The molecule has 2 N–H and O–H groups in total. The Morgan fingerprint density at radius 3 is 2.39 bits per heavy atom. The van der Waals surface area contributed by atoms with Crippen LogP contribution in [0.25, 0.3) is 0 Å². The van der Waals surface area contributed by atoms with E-state index in [1.54, 1.807) is 12.1 Å². The van der Waals surface area contributed by atoms with Crippen molar-refractivity contribution in [2.45, 2.75) is 26.8 Å². The molecule has 8 heteroatoms. The molecular weight excluding hydrogens is 400 g/mol. The lowest BCUT2D eigenvalue weighted by Crippen LogP contribution is -2.52. The summed E-state index contributed by atoms with van der Waals surface area (Å²) in [6, 6.07) is 13.1. The van der Waals surface area contributed by atoms with Crippen LogP contribution >= 0.6 is 0 Å². The van der Waals surface area contributed by atoms with Gasteiger partial charge in [-0.1, -0.05) is 18.2 Å². The summed E-state index contributed by atoms with van der Waals surface area (Å²) in [5, 5.41) is 10.8. The Balaban J connectivity index is 1.64. The monoisotopic (exact) mass is 424 g/mol. The minimum Gasteiger partial charge on any atom is -0.480 e. The van der Waals surface area contributed by atoms with E-state index in [0.717, 1.165) is 16.9 Å². The van der Waals surface area contributed by atoms with Crippen molar-refractivity contribution in [2.75, 3.05) is 13.1 Å². The number of likely N-dealkylation sites (tertiary alicyclic amines) is 1. The van der Waals surface area contributed by atoms with Gasteiger partial charge < -0.3 is 20.1 Å². The van der Waals surface area contributed by atoms with Gasteiger partial charge in [-0.3, -0.25) is 19.2 Å². The molecule has 31 heavy (non-hydrogen) atoms. The number of nitrogens with one attached hydrogen (secondary N) is 1. The largest absolute Gasteiger partial charge is 0.480 e. The van der Waals surface area contributed by atoms with Crippen LogP contribution in [0.3, 0.4) is 0 Å². The summed E-state index contributed by atoms with van der Waals surface area (Å²) in [6.45, 7) is 3.85. The molecule has 1 aliphatic heterocycles. The van der Waals surface area contributed by atoms with Crippen molar-refractivity contribution in [2.24, 2.45) is 5.92 Å². The van der Waals surface area contributed by atoms with E-state index in [9.17, 15) is 19.2 Å². The molecule has 1 unspecified atom stereocenters. The highest BCUT2D eigenvalue weighted by atomic mass is 16.5. The summed E-state index contributed by atoms with van der Waals surface area (Å²) in [6.07, 6.45) is 0.0465. The van der Waals surface area contributed by atoms with Gasteiger partial charge in [-0.25, -0.2) is 0 Å². The van der Waals surface area contributed by atoms with Crippen LogP contribution in [0.5, 0.6) is 11.5 Å². The maximum absolute atomic E-state index is 12.7. The summed E-state index contributed by atoms with van der Waals surface area (Å²) in [5.41, 5.74) is 3.14. The van der Waals surface area contributed by atoms with Gasteiger partial charge in [0.05, 0.1) is 0 Å². The zero-order chi connectivity index (χ0) is 22.5. The Morgan fingerprint density at radius 2 is 1.74 bits per heavy atom. The predicted molar refractivity (Wildman–Crippen MR) is 112 cm³/mol. The number of rotatable bonds is 7. The number of ether oxygens (including phenoxy) is 1. The second-order valence-electron chi connectivity index (χ2n) is 7.51. The molecule has 0 aromatic heterocycles. The molecule has 1 atom stereocenters. The standard InChI is InChI=1S/C23H24N2O6/c1-14-3-6-18(11-15(14)2)31-17-7-4-16(5-8-17)13-25-10-9-19(26)21(23(25)30)22(29)24-12-20(27)28/h3-8,11,21H,9-10,12-13H2,1-2H3,(H,24,29)(H,27,28). The lowest BCUT2D eigenvalue weighted by atomic mass is 9.94. The van der Waals surface area contributed by atoms with Gasteiger partial charge in [0.2, 0.25) is 11.8 Å². The molecule has 8 nitrogen and oxygen atoms in total. The number of carboxylic acids is 1. The van der Waals surface area contributed by atoms with Crippen molar-refractivity contribution in [3.63, 3.8) is 0 Å². The fourth-order valence-electron chi connectivity index (χ4n) is 3.30. The van der Waals surface area contributed by atoms with E-state index in [1.165, 1.54) is 10.5 Å². The van der Waals surface area contributed by atoms with Gasteiger partial charge in [-0.15, -0.1) is 0 Å². The van der Waals surface area contributed by atoms with E-state index < -0.39 is 36.0 Å². The molecule has 0 saturated carbocycles. The van der Waals surface area contributed by atoms with Crippen LogP contribution in [0, 0.1) is 19.8 Å². The molecule has 0 spiro atoms. The van der Waals surface area contributed by atoms with Gasteiger partial charge >= 0.3 is 5.97 Å². The Kier molecular flexibility index (Phi) is 6.69. The van der Waals surface area contributed by atoms with E-state index in [4.69, 9.17) is 9.84 Å². The van der Waals surface area contributed by atoms with Crippen molar-refractivity contribution < 1.29 is 29.0 Å². The number of benzene rings is 2. The normalized spacial score (nSPS) is 16.2. The van der Waals surface area contributed by atoms with Crippen LogP contribution < -0.4 is 10.1 Å². The first-order chi connectivity index (χ1) is 14.7. The first kappa shape index (κ1) is 22.0. The Hall–Kier alpha value is -3.68. The van der Waals surface area contributed by atoms with Crippen LogP contribution in [-0.4, -0.2) is 46.7 Å². The molecule has 0 bridgehead atoms. The molecule has 0 radical (unpaired) electrons. The molecule has 3 rings (SSSR count). The zero-order valence-electron chi connectivity index (χ0n) is 17.4. The van der Waals surface area contributed by atoms with E-state index in [-0.39, 0.29) is 19.5 Å². The number of aryl methyl sites for hydroxylation is 2. The summed E-state index contributed by atoms with van der Waals surface area (Å²) in [4.78, 5) is 48.9. The number of nitrogens with zero attached hydrogens (tertiary/aromatic N) is 1. The number of hydrogen-bond donors (Lipinski definition) is 2. The molecule has 162 valence electrons. The molecular formula is C23H24N2O6. The third-order valence-electron chi connectivity index (χ3n) is 5.20. The lowest BCUT2D eigenvalue weighted by molar-refractivity contribution is -0.152. The van der Waals surface area contributed by atoms with Crippen LogP contribution in [0.2, 0.25) is 0 Å². The van der Waals surface area contributed by atoms with Gasteiger partial charge in [-0.2, -0.15) is 0 Å². The van der Waals surface area contributed by atoms with E-state index in [1.807, 2.05) is 44.2 Å². The number of aliphatic carboxylic acids is 1. The van der Waals surface area contributed by atoms with E-state index in [0.29, 0.717) is 5.75 Å². The highest BCUT2D eigenvalue weighted by Gasteiger charge is 2.40. The Morgan fingerprint density at radius 1 is 1.06 bits per heavy atom. The molecule has 1 heterocycles. The fourth-order valence-corrected chi connectivity index (χ4v) is 3.30. The summed E-state index contributed by atoms with van der Waals surface area (Å²) in [7, 11) is 0. The minimum absolute atomic E-state index is 0.0465. The number of ketones is 1. The topological polar surface area (TPSA) is 113 Å². The van der Waals surface area contributed by atoms with Gasteiger partial charge in [0, 0.05) is 19.5 Å². The van der Waals surface area contributed by atoms with Crippen LogP contribution in [-0.2, 0) is 25.7 Å². The Labute approximate surface area is 179 Å². The first-order valence-electron chi connectivity index (χ1n) is 9.89. The number of carboxylic acid groups (broad SMARTS) is 1. The van der Waals surface area contributed by atoms with E-state index in [2.05, 4.69) is 5.32 Å². The van der Waals surface area contributed by atoms with Crippen LogP contribution in [0.1, 0.15) is 23.1 Å². The SMILES string of the molecule is Cc1ccc(Oc2ccc(CN3CCC(=O)C(C(=O)NCC(=O)O)C3=O)cc2)cc1C. The highest BCUT2D eigenvalue weighted by Crippen LogP contribution is 2.25. The third-order valence-corrected chi connectivity index (χ3v) is 5.20. The summed E-state index contributed by atoms with van der Waals surface area (Å²) in [5.74, 6) is -3.35. The van der Waals surface area contributed by atoms with Crippen molar-refractivity contribution in [3.05, 3.63) is 59.2 Å². The number of carbonyl (C=O) groups is 4. The third kappa shape index (κ3) is 5.48. The lowest BCUT2D eigenvalue weighted by Gasteiger charge is -2.30. The van der Waals surface area contributed by atoms with Gasteiger partial charge in [0.15, 0.2) is 11.7 Å². The van der Waals surface area contributed by atoms with Gasteiger partial charge in [0.1, 0.15) is 18.0 Å². The molecule has 0 aliphatic carbocycles. The summed E-state index contributed by atoms with van der Waals surface area (Å²) >= 11 is 0. The number of hydrogen-bond acceptors (Lipinski definition) is 5. The second-order valence-corrected chi connectivity index (χ2v) is 7.51. The minimum atomic E-state index is -1.50. The van der Waals surface area contributed by atoms with Crippen molar-refractivity contribution in [3.8, 4) is 11.5 Å². The molecule has 2 aromatic carbocycles. The number of amides is 2. The van der Waals surface area contributed by atoms with Gasteiger partial charge in [0.25, 0.3) is 0 Å². The van der Waals surface area contributed by atoms with Gasteiger partial charge in [-0.05, 0) is 54.8 Å². The van der Waals surface area contributed by atoms with Crippen molar-refractivity contribution in [1.82, 2.24) is 10.2 Å². The first-order valence-corrected chi connectivity index (χ1v) is 9.89. The summed E-state index contributed by atoms with van der Waals surface area (Å²) < 4.78 is 5.86. The average molecular weight is 424 g/mol. The number of piperidine rings is 1. The predicted octanol–water partition coefficient (Wildman–Crippen LogP) is 2.21. The molecule has 1 aliphatic rings. The zero-order valence-corrected chi connectivity index (χ0v) is 17.4. The maximum Gasteiger partial charge on any atom is 0.322 e. The highest BCUT2D eigenvalue weighted by molar-refractivity contribution is 6.19. The van der Waals surface area contributed by atoms with Crippen LogP contribution in [0.15, 0.2) is 42.5 Å². The quantitative estimate of drug-likeness (QED) is 0.659. The average Bonchev–Trinajstić information content (AvgIpc) is 2.73. The molecule has 1 saturated heterocycles. The smallest absolute Gasteiger partial charge is 0.322 e. The fraction of sp³-hybridized carbons (Fsp3) is 0.304. The number of carbonyl (C=O) groups excluding carboxylic acids is 3. The molecule has 1 fully saturated rings. The molecule has 2 aromatic rings. The maximum atomic E-state index is 12.7. The van der Waals surface area contributed by atoms with Crippen molar-refractivity contribution >= 4 is 23.6 Å². The molecule has 2 amide bonds. The van der Waals surface area contributed by atoms with E-state index >= 15 is 0 Å². The van der Waals surface area contributed by atoms with Crippen LogP contribution in [0.4, 0.5) is 0 Å². The number of Topliss-reactive ketones (excluding diaryl/α,β-unsaturated/α-hetero) is 1. The van der Waals surface area contributed by atoms with Crippen molar-refractivity contribution in [1.29, 1.82) is 0 Å². The Bertz CT molecular complexity index is 1020.